The Bertz CT molecular complexity index is 289. The second-order valence-corrected chi connectivity index (χ2v) is 6.04. The van der Waals surface area contributed by atoms with Gasteiger partial charge in [0.15, 0.2) is 0 Å². The molecule has 0 aromatic heterocycles. The number of nitrogens with zero attached hydrogens (tertiary/aromatic N) is 2. The number of piperidine rings is 1. The van der Waals surface area contributed by atoms with E-state index >= 15 is 0 Å². The van der Waals surface area contributed by atoms with Gasteiger partial charge in [0.2, 0.25) is 5.91 Å². The van der Waals surface area contributed by atoms with Crippen LogP contribution in [0.4, 0.5) is 0 Å². The summed E-state index contributed by atoms with van der Waals surface area (Å²) in [6.07, 6.45) is 5.87. The molecule has 0 spiro atoms. The van der Waals surface area contributed by atoms with Crippen molar-refractivity contribution in [3.05, 3.63) is 0 Å². The van der Waals surface area contributed by atoms with Crippen molar-refractivity contribution < 1.29 is 4.79 Å². The van der Waals surface area contributed by atoms with Crippen molar-refractivity contribution in [1.29, 1.82) is 0 Å². The van der Waals surface area contributed by atoms with E-state index in [1.165, 1.54) is 25.9 Å². The van der Waals surface area contributed by atoms with E-state index in [1.54, 1.807) is 0 Å². The van der Waals surface area contributed by atoms with Gasteiger partial charge in [-0.25, -0.2) is 0 Å². The van der Waals surface area contributed by atoms with Gasteiger partial charge in [0.25, 0.3) is 0 Å². The summed E-state index contributed by atoms with van der Waals surface area (Å²) >= 11 is 0. The second-order valence-electron chi connectivity index (χ2n) is 6.04. The van der Waals surface area contributed by atoms with E-state index < -0.39 is 0 Å². The third kappa shape index (κ3) is 3.93. The molecule has 2 fully saturated rings. The van der Waals surface area contributed by atoms with Crippen LogP contribution in [0.2, 0.25) is 0 Å². The van der Waals surface area contributed by atoms with Crippen LogP contribution in [0.1, 0.15) is 46.0 Å². The fraction of sp³-hybridized carbons (Fsp3) is 0.933. The van der Waals surface area contributed by atoms with E-state index in [0.717, 1.165) is 38.9 Å². The van der Waals surface area contributed by atoms with Gasteiger partial charge >= 0.3 is 0 Å². The standard InChI is InChI=1S/C15H29N3O/c1-3-8-16-14-7-6-11-18(15(14)19)13(2)12-17-9-4-5-10-17/h13-14,16H,3-12H2,1-2H3. The van der Waals surface area contributed by atoms with Gasteiger partial charge in [0.05, 0.1) is 6.04 Å². The van der Waals surface area contributed by atoms with Crippen LogP contribution in [0, 0.1) is 0 Å². The summed E-state index contributed by atoms with van der Waals surface area (Å²) in [4.78, 5) is 17.1. The molecule has 2 saturated heterocycles. The zero-order chi connectivity index (χ0) is 13.7. The van der Waals surface area contributed by atoms with E-state index in [9.17, 15) is 4.79 Å². The van der Waals surface area contributed by atoms with E-state index in [0.29, 0.717) is 11.9 Å². The van der Waals surface area contributed by atoms with Gasteiger partial charge in [-0.1, -0.05) is 6.92 Å². The van der Waals surface area contributed by atoms with Crippen molar-refractivity contribution in [2.45, 2.75) is 58.0 Å². The van der Waals surface area contributed by atoms with Crippen molar-refractivity contribution in [2.75, 3.05) is 32.7 Å². The Morgan fingerprint density at radius 3 is 2.68 bits per heavy atom. The predicted octanol–water partition coefficient (Wildman–Crippen LogP) is 1.46. The molecule has 1 N–H and O–H groups in total. The van der Waals surface area contributed by atoms with Crippen LogP contribution in [-0.2, 0) is 4.79 Å². The van der Waals surface area contributed by atoms with Crippen molar-refractivity contribution in [1.82, 2.24) is 15.1 Å². The van der Waals surface area contributed by atoms with Gasteiger partial charge in [0, 0.05) is 19.1 Å². The number of nitrogens with one attached hydrogen (secondary N) is 1. The molecule has 4 heteroatoms. The van der Waals surface area contributed by atoms with Crippen molar-refractivity contribution in [2.24, 2.45) is 0 Å². The van der Waals surface area contributed by atoms with E-state index in [2.05, 4.69) is 29.0 Å². The number of hydrogen-bond donors (Lipinski definition) is 1. The lowest BCUT2D eigenvalue weighted by molar-refractivity contribution is -0.138. The van der Waals surface area contributed by atoms with Crippen LogP contribution in [0.25, 0.3) is 0 Å². The molecule has 0 aliphatic carbocycles. The van der Waals surface area contributed by atoms with Gasteiger partial charge in [-0.05, 0) is 58.7 Å². The predicted molar refractivity (Wildman–Crippen MR) is 78.2 cm³/mol. The number of carbonyl (C=O) groups excluding carboxylic acids is 1. The largest absolute Gasteiger partial charge is 0.337 e. The first-order valence-electron chi connectivity index (χ1n) is 7.98. The summed E-state index contributed by atoms with van der Waals surface area (Å²) in [5, 5.41) is 3.39. The molecule has 2 aliphatic rings. The van der Waals surface area contributed by atoms with Gasteiger partial charge < -0.3 is 15.1 Å². The molecule has 0 aromatic carbocycles. The number of carbonyl (C=O) groups is 1. The van der Waals surface area contributed by atoms with Crippen molar-refractivity contribution in [3.8, 4) is 0 Å². The summed E-state index contributed by atoms with van der Waals surface area (Å²) in [7, 11) is 0. The summed E-state index contributed by atoms with van der Waals surface area (Å²) < 4.78 is 0. The van der Waals surface area contributed by atoms with Crippen LogP contribution >= 0.6 is 0 Å². The van der Waals surface area contributed by atoms with Crippen LogP contribution in [0.15, 0.2) is 0 Å². The smallest absolute Gasteiger partial charge is 0.239 e. The maximum absolute atomic E-state index is 12.5. The normalized spacial score (nSPS) is 26.9. The molecule has 2 aliphatic heterocycles. The lowest BCUT2D eigenvalue weighted by Gasteiger charge is -2.38. The highest BCUT2D eigenvalue weighted by atomic mass is 16.2. The fourth-order valence-electron chi connectivity index (χ4n) is 3.28. The summed E-state index contributed by atoms with van der Waals surface area (Å²) in [5.41, 5.74) is 0. The lowest BCUT2D eigenvalue weighted by Crippen LogP contribution is -2.55. The third-order valence-electron chi connectivity index (χ3n) is 4.37. The molecule has 4 nitrogen and oxygen atoms in total. The second kappa shape index (κ2) is 7.25. The van der Waals surface area contributed by atoms with Crippen molar-refractivity contribution >= 4 is 5.91 Å². The molecule has 2 rings (SSSR count). The quantitative estimate of drug-likeness (QED) is 0.791. The molecule has 19 heavy (non-hydrogen) atoms. The minimum Gasteiger partial charge on any atom is -0.337 e. The van der Waals surface area contributed by atoms with Gasteiger partial charge in [-0.3, -0.25) is 4.79 Å². The first-order valence-corrected chi connectivity index (χ1v) is 7.98. The minimum atomic E-state index is 0.0646. The average Bonchev–Trinajstić information content (AvgIpc) is 2.90. The third-order valence-corrected chi connectivity index (χ3v) is 4.37. The van der Waals surface area contributed by atoms with Crippen LogP contribution in [0.3, 0.4) is 0 Å². The molecule has 110 valence electrons. The topological polar surface area (TPSA) is 35.6 Å². The Morgan fingerprint density at radius 1 is 1.26 bits per heavy atom. The van der Waals surface area contributed by atoms with Gasteiger partial charge in [-0.15, -0.1) is 0 Å². The van der Waals surface area contributed by atoms with Crippen LogP contribution in [-0.4, -0.2) is 60.5 Å². The van der Waals surface area contributed by atoms with Crippen LogP contribution < -0.4 is 5.32 Å². The molecular formula is C15H29N3O. The molecule has 1 amide bonds. The molecular weight excluding hydrogens is 238 g/mol. The summed E-state index contributed by atoms with van der Waals surface area (Å²) in [6.45, 7) is 9.72. The maximum atomic E-state index is 12.5. The SMILES string of the molecule is CCCNC1CCCN(C(C)CN2CCCC2)C1=O. The Balaban J connectivity index is 1.85. The van der Waals surface area contributed by atoms with Gasteiger partial charge in [-0.2, -0.15) is 0 Å². The summed E-state index contributed by atoms with van der Waals surface area (Å²) in [5.74, 6) is 0.325. The highest BCUT2D eigenvalue weighted by molar-refractivity contribution is 5.82. The lowest BCUT2D eigenvalue weighted by atomic mass is 10.0. The summed E-state index contributed by atoms with van der Waals surface area (Å²) in [6, 6.07) is 0.423. The zero-order valence-electron chi connectivity index (χ0n) is 12.5. The molecule has 2 heterocycles. The van der Waals surface area contributed by atoms with E-state index in [4.69, 9.17) is 0 Å². The minimum absolute atomic E-state index is 0.0646. The first-order chi connectivity index (χ1) is 9.22. The van der Waals surface area contributed by atoms with Crippen molar-refractivity contribution in [3.63, 3.8) is 0 Å². The number of amides is 1. The Hall–Kier alpha value is -0.610. The fourth-order valence-corrected chi connectivity index (χ4v) is 3.28. The maximum Gasteiger partial charge on any atom is 0.239 e. The molecule has 0 aromatic rings. The Morgan fingerprint density at radius 2 is 2.00 bits per heavy atom. The number of rotatable bonds is 6. The number of hydrogen-bond acceptors (Lipinski definition) is 3. The molecule has 2 atom stereocenters. The molecule has 2 unspecified atom stereocenters. The average molecular weight is 267 g/mol. The van der Waals surface area contributed by atoms with Gasteiger partial charge in [0.1, 0.15) is 0 Å². The monoisotopic (exact) mass is 267 g/mol. The first kappa shape index (κ1) is 14.8. The Kier molecular flexibility index (Phi) is 5.64. The van der Waals surface area contributed by atoms with E-state index in [1.807, 2.05) is 0 Å². The highest BCUT2D eigenvalue weighted by Gasteiger charge is 2.31. The Labute approximate surface area is 117 Å². The number of likely N-dealkylation sites (tertiary alicyclic amines) is 2. The molecule has 0 radical (unpaired) electrons. The molecule has 0 saturated carbocycles. The van der Waals surface area contributed by atoms with Crippen LogP contribution in [0.5, 0.6) is 0 Å². The zero-order valence-corrected chi connectivity index (χ0v) is 12.5. The van der Waals surface area contributed by atoms with E-state index in [-0.39, 0.29) is 6.04 Å². The molecule has 0 bridgehead atoms. The highest BCUT2D eigenvalue weighted by Crippen LogP contribution is 2.17.